The first-order valence-electron chi connectivity index (χ1n) is 16.4. The van der Waals surface area contributed by atoms with Gasteiger partial charge in [-0.1, -0.05) is 49.4 Å². The molecule has 0 aliphatic carbocycles. The molecule has 1 atom stereocenters. The van der Waals surface area contributed by atoms with E-state index in [1.807, 2.05) is 43.3 Å². The zero-order chi connectivity index (χ0) is 35.2. The van der Waals surface area contributed by atoms with Crippen LogP contribution < -0.4 is 10.6 Å². The Kier molecular flexibility index (Phi) is 10.2. The molecule has 15 nitrogen and oxygen atoms in total. The molecule has 6 rings (SSSR count). The van der Waals surface area contributed by atoms with Crippen LogP contribution in [0.15, 0.2) is 54.6 Å². The van der Waals surface area contributed by atoms with Crippen LogP contribution in [0.25, 0.3) is 44.3 Å². The van der Waals surface area contributed by atoms with Gasteiger partial charge in [0.05, 0.1) is 37.8 Å². The normalized spacial score (nSPS) is 14.1. The molecule has 3 aromatic carbocycles. The van der Waals surface area contributed by atoms with Crippen molar-refractivity contribution in [3.05, 3.63) is 66.2 Å². The van der Waals surface area contributed by atoms with Crippen LogP contribution in [-0.4, -0.2) is 99.3 Å². The average molecular weight is 682 g/mol. The van der Waals surface area contributed by atoms with Crippen LogP contribution in [0.5, 0.6) is 0 Å². The van der Waals surface area contributed by atoms with E-state index < -0.39 is 12.2 Å². The van der Waals surface area contributed by atoms with Crippen LogP contribution in [0.1, 0.15) is 43.9 Å². The SMILES string of the molecule is CCCN(Cc1nnc(-c2ccc(-c3ccc4c(ccc5nc(C6CCCN6C(=O)CNC(=O)OC)[nH]c54)c3)cc2)[nH]1)C(=O)CNC(=O)OC. The van der Waals surface area contributed by atoms with Crippen molar-refractivity contribution in [2.75, 3.05) is 40.4 Å². The number of alkyl carbamates (subject to hydrolysis) is 2. The summed E-state index contributed by atoms with van der Waals surface area (Å²) in [6.45, 7) is 3.00. The van der Waals surface area contributed by atoms with Gasteiger partial charge in [0.25, 0.3) is 0 Å². The molecular formula is C35H39N9O6. The topological polar surface area (TPSA) is 188 Å². The van der Waals surface area contributed by atoms with E-state index in [2.05, 4.69) is 58.5 Å². The van der Waals surface area contributed by atoms with Crippen molar-refractivity contribution in [1.82, 2.24) is 45.6 Å². The number of methoxy groups -OCH3 is 2. The van der Waals surface area contributed by atoms with Crippen LogP contribution in [0.2, 0.25) is 0 Å². The van der Waals surface area contributed by atoms with Crippen LogP contribution >= 0.6 is 0 Å². The molecule has 1 saturated heterocycles. The number of benzene rings is 3. The second-order valence-electron chi connectivity index (χ2n) is 12.0. The first-order valence-corrected chi connectivity index (χ1v) is 16.4. The zero-order valence-electron chi connectivity index (χ0n) is 28.1. The predicted molar refractivity (Wildman–Crippen MR) is 185 cm³/mol. The Bertz CT molecular complexity index is 2020. The van der Waals surface area contributed by atoms with E-state index in [-0.39, 0.29) is 37.5 Å². The maximum absolute atomic E-state index is 12.9. The van der Waals surface area contributed by atoms with Crippen molar-refractivity contribution in [2.45, 2.75) is 38.8 Å². The molecular weight excluding hydrogens is 642 g/mol. The van der Waals surface area contributed by atoms with E-state index in [0.717, 1.165) is 63.6 Å². The van der Waals surface area contributed by atoms with Gasteiger partial charge in [-0.05, 0) is 47.9 Å². The third-order valence-corrected chi connectivity index (χ3v) is 8.73. The number of likely N-dealkylation sites (tertiary alicyclic amines) is 1. The first-order chi connectivity index (χ1) is 24.3. The van der Waals surface area contributed by atoms with Crippen LogP contribution in [0.3, 0.4) is 0 Å². The second-order valence-corrected chi connectivity index (χ2v) is 12.0. The Balaban J connectivity index is 1.15. The van der Waals surface area contributed by atoms with Gasteiger partial charge >= 0.3 is 12.2 Å². The molecule has 1 unspecified atom stereocenters. The Morgan fingerprint density at radius 2 is 1.62 bits per heavy atom. The van der Waals surface area contributed by atoms with Crippen LogP contribution in [-0.2, 0) is 25.6 Å². The lowest BCUT2D eigenvalue weighted by Gasteiger charge is -2.23. The molecule has 1 aliphatic rings. The lowest BCUT2D eigenvalue weighted by molar-refractivity contribution is -0.131. The minimum absolute atomic E-state index is 0.131. The number of ether oxygens (including phenoxy) is 2. The molecule has 1 aliphatic heterocycles. The molecule has 50 heavy (non-hydrogen) atoms. The molecule has 0 saturated carbocycles. The van der Waals surface area contributed by atoms with Crippen molar-refractivity contribution in [3.8, 4) is 22.5 Å². The van der Waals surface area contributed by atoms with Gasteiger partial charge in [0.15, 0.2) is 5.82 Å². The van der Waals surface area contributed by atoms with Crippen molar-refractivity contribution >= 4 is 45.8 Å². The number of carbonyl (C=O) groups is 4. The number of aromatic amines is 2. The summed E-state index contributed by atoms with van der Waals surface area (Å²) >= 11 is 0. The lowest BCUT2D eigenvalue weighted by Crippen LogP contribution is -2.40. The number of nitrogens with one attached hydrogen (secondary N) is 4. The Morgan fingerprint density at radius 3 is 2.36 bits per heavy atom. The summed E-state index contributed by atoms with van der Waals surface area (Å²) < 4.78 is 9.13. The van der Waals surface area contributed by atoms with Gasteiger partial charge < -0.3 is 39.9 Å². The van der Waals surface area contributed by atoms with E-state index in [1.54, 1.807) is 9.80 Å². The zero-order valence-corrected chi connectivity index (χ0v) is 28.1. The highest BCUT2D eigenvalue weighted by molar-refractivity contribution is 6.05. The van der Waals surface area contributed by atoms with Gasteiger partial charge in [-0.15, -0.1) is 10.2 Å². The number of rotatable bonds is 11. The molecule has 4 amide bonds. The number of hydrogen-bond donors (Lipinski definition) is 4. The number of aromatic nitrogens is 5. The number of amides is 4. The summed E-state index contributed by atoms with van der Waals surface area (Å²) in [5.74, 6) is 1.42. The molecule has 15 heteroatoms. The third-order valence-electron chi connectivity index (χ3n) is 8.73. The largest absolute Gasteiger partial charge is 0.453 e. The number of fused-ring (bicyclic) bond motifs is 3. The van der Waals surface area contributed by atoms with Crippen molar-refractivity contribution in [3.63, 3.8) is 0 Å². The highest BCUT2D eigenvalue weighted by Crippen LogP contribution is 2.34. The number of imidazole rings is 1. The standard InChI is InChI=1S/C35H39N9O6/c1-4-15-43(29(45)18-36-34(47)49-2)20-28-39-32(42-41-28)22-9-7-21(8-10-22)23-11-13-25-24(17-23)12-14-26-31(25)40-33(38-26)27-6-5-16-44(27)30(46)19-37-35(48)50-3/h7-14,17,27H,4-6,15-16,18-20H2,1-3H3,(H,36,47)(H,37,48)(H,38,40)(H,39,41,42). The monoisotopic (exact) mass is 681 g/mol. The fourth-order valence-electron chi connectivity index (χ4n) is 6.23. The van der Waals surface area contributed by atoms with Crippen molar-refractivity contribution in [2.24, 2.45) is 0 Å². The van der Waals surface area contributed by atoms with E-state index in [9.17, 15) is 19.2 Å². The van der Waals surface area contributed by atoms with E-state index in [0.29, 0.717) is 24.7 Å². The molecule has 5 aromatic rings. The van der Waals surface area contributed by atoms with Gasteiger partial charge in [0, 0.05) is 24.0 Å². The average Bonchev–Trinajstić information content (AvgIpc) is 3.92. The number of H-pyrrole nitrogens is 2. The summed E-state index contributed by atoms with van der Waals surface area (Å²) in [6, 6.07) is 18.1. The van der Waals surface area contributed by atoms with Crippen molar-refractivity contribution in [1.29, 1.82) is 0 Å². The van der Waals surface area contributed by atoms with E-state index in [1.165, 1.54) is 14.2 Å². The Hall–Kier alpha value is -5.99. The van der Waals surface area contributed by atoms with Gasteiger partial charge in [-0.25, -0.2) is 14.6 Å². The minimum atomic E-state index is -0.663. The summed E-state index contributed by atoms with van der Waals surface area (Å²) in [5, 5.41) is 15.5. The van der Waals surface area contributed by atoms with Crippen LogP contribution in [0, 0.1) is 0 Å². The van der Waals surface area contributed by atoms with E-state index >= 15 is 0 Å². The molecule has 0 spiro atoms. The fraction of sp³-hybridized carbons (Fsp3) is 0.343. The molecule has 2 aromatic heterocycles. The Morgan fingerprint density at radius 1 is 0.900 bits per heavy atom. The summed E-state index contributed by atoms with van der Waals surface area (Å²) in [5.41, 5.74) is 4.65. The van der Waals surface area contributed by atoms with Crippen LogP contribution in [0.4, 0.5) is 9.59 Å². The summed E-state index contributed by atoms with van der Waals surface area (Å²) in [4.78, 5) is 63.3. The molecule has 1 fully saturated rings. The van der Waals surface area contributed by atoms with Gasteiger partial charge in [0.1, 0.15) is 24.7 Å². The third kappa shape index (κ3) is 7.36. The smallest absolute Gasteiger partial charge is 0.407 e. The van der Waals surface area contributed by atoms with Gasteiger partial charge in [0.2, 0.25) is 11.8 Å². The molecule has 260 valence electrons. The highest BCUT2D eigenvalue weighted by Gasteiger charge is 2.32. The Labute approximate surface area is 287 Å². The second kappa shape index (κ2) is 15.1. The molecule has 4 N–H and O–H groups in total. The maximum atomic E-state index is 12.9. The molecule has 3 heterocycles. The first kappa shape index (κ1) is 33.9. The number of carbonyl (C=O) groups excluding carboxylic acids is 4. The quantitative estimate of drug-likeness (QED) is 0.158. The lowest BCUT2D eigenvalue weighted by atomic mass is 9.99. The molecule has 0 bridgehead atoms. The number of nitrogens with zero attached hydrogens (tertiary/aromatic N) is 5. The number of hydrogen-bond acceptors (Lipinski definition) is 9. The maximum Gasteiger partial charge on any atom is 0.407 e. The van der Waals surface area contributed by atoms with Crippen molar-refractivity contribution < 1.29 is 28.7 Å². The highest BCUT2D eigenvalue weighted by atomic mass is 16.5. The summed E-state index contributed by atoms with van der Waals surface area (Å²) in [7, 11) is 2.51. The fourth-order valence-corrected chi connectivity index (χ4v) is 6.23. The van der Waals surface area contributed by atoms with Gasteiger partial charge in [-0.2, -0.15) is 0 Å². The minimum Gasteiger partial charge on any atom is -0.453 e. The summed E-state index contributed by atoms with van der Waals surface area (Å²) in [6.07, 6.45) is 1.07. The molecule has 0 radical (unpaired) electrons. The predicted octanol–water partition coefficient (Wildman–Crippen LogP) is 4.28. The van der Waals surface area contributed by atoms with Gasteiger partial charge in [-0.3, -0.25) is 9.59 Å². The van der Waals surface area contributed by atoms with E-state index in [4.69, 9.17) is 4.98 Å².